The molecule has 6 aromatic carbocycles. The van der Waals surface area contributed by atoms with E-state index in [1.165, 1.54) is 88.0 Å². The Balaban J connectivity index is 1.29. The van der Waals surface area contributed by atoms with Gasteiger partial charge in [0.15, 0.2) is 0 Å². The number of para-hydroxylation sites is 2. The zero-order valence-electron chi connectivity index (χ0n) is 29.9. The third-order valence-electron chi connectivity index (χ3n) is 10.9. The molecule has 1 atom stereocenters. The summed E-state index contributed by atoms with van der Waals surface area (Å²) in [5.41, 5.74) is 10.0. The minimum absolute atomic E-state index is 0.0754. The topological polar surface area (TPSA) is 18.5 Å². The van der Waals surface area contributed by atoms with E-state index in [0.717, 1.165) is 19.0 Å². The van der Waals surface area contributed by atoms with E-state index in [2.05, 4.69) is 181 Å². The summed E-state index contributed by atoms with van der Waals surface area (Å²) < 4.78 is 0. The Labute approximate surface area is 299 Å². The van der Waals surface area contributed by atoms with Crippen LogP contribution in [0.25, 0.3) is 10.8 Å². The van der Waals surface area contributed by atoms with Gasteiger partial charge < -0.3 is 15.1 Å². The van der Waals surface area contributed by atoms with Crippen molar-refractivity contribution >= 4 is 39.2 Å². The zero-order valence-corrected chi connectivity index (χ0v) is 29.9. The summed E-state index contributed by atoms with van der Waals surface area (Å²) in [6, 6.07) is 54.1. The van der Waals surface area contributed by atoms with Crippen molar-refractivity contribution in [1.82, 2.24) is 0 Å². The lowest BCUT2D eigenvalue weighted by molar-refractivity contribution is 0.328. The molecule has 7 rings (SSSR count). The summed E-state index contributed by atoms with van der Waals surface area (Å²) in [6.07, 6.45) is 6.77. The lowest BCUT2D eigenvalue weighted by Crippen LogP contribution is -2.27. The lowest BCUT2D eigenvalue weighted by Gasteiger charge is -2.30. The quantitative estimate of drug-likeness (QED) is 0.132. The molecule has 0 amide bonds. The smallest absolute Gasteiger partial charge is 0.0422 e. The van der Waals surface area contributed by atoms with E-state index in [0.29, 0.717) is 6.04 Å². The van der Waals surface area contributed by atoms with Crippen LogP contribution >= 0.6 is 0 Å². The molecular weight excluding hydrogens is 607 g/mol. The van der Waals surface area contributed by atoms with Crippen molar-refractivity contribution < 1.29 is 0 Å². The van der Waals surface area contributed by atoms with Crippen LogP contribution in [0.1, 0.15) is 75.5 Å². The SMILES string of the molecule is CCN(c1ccccc1)c1ccc(C(c2ccc(N(CC)c3ccccc3)cc2)c2ccc(NC(C)C3CCCCC3)c3ccccc23)cc1. The molecule has 0 spiro atoms. The van der Waals surface area contributed by atoms with Crippen molar-refractivity contribution in [3.05, 3.63) is 162 Å². The second-order valence-electron chi connectivity index (χ2n) is 13.9. The summed E-state index contributed by atoms with van der Waals surface area (Å²) >= 11 is 0. The monoisotopic (exact) mass is 657 g/mol. The first-order valence-electron chi connectivity index (χ1n) is 18.8. The summed E-state index contributed by atoms with van der Waals surface area (Å²) in [7, 11) is 0. The van der Waals surface area contributed by atoms with E-state index in [9.17, 15) is 0 Å². The zero-order chi connectivity index (χ0) is 34.3. The minimum Gasteiger partial charge on any atom is -0.382 e. The van der Waals surface area contributed by atoms with Crippen molar-refractivity contribution in [3.63, 3.8) is 0 Å². The molecule has 6 aromatic rings. The molecule has 0 bridgehead atoms. The highest BCUT2D eigenvalue weighted by atomic mass is 15.1. The molecule has 1 aliphatic carbocycles. The summed E-state index contributed by atoms with van der Waals surface area (Å²) in [5.74, 6) is 0.815. The van der Waals surface area contributed by atoms with Gasteiger partial charge in [-0.2, -0.15) is 0 Å². The molecule has 254 valence electrons. The number of nitrogens with zero attached hydrogens (tertiary/aromatic N) is 2. The average molecular weight is 658 g/mol. The number of hydrogen-bond donors (Lipinski definition) is 1. The van der Waals surface area contributed by atoms with Gasteiger partial charge in [0.25, 0.3) is 0 Å². The number of benzene rings is 6. The summed E-state index contributed by atoms with van der Waals surface area (Å²) in [5, 5.41) is 6.58. The van der Waals surface area contributed by atoms with Crippen LogP contribution < -0.4 is 15.1 Å². The molecule has 50 heavy (non-hydrogen) atoms. The van der Waals surface area contributed by atoms with Gasteiger partial charge in [-0.15, -0.1) is 0 Å². The number of anilines is 5. The van der Waals surface area contributed by atoms with Crippen LogP contribution in [0, 0.1) is 5.92 Å². The largest absolute Gasteiger partial charge is 0.382 e. The van der Waals surface area contributed by atoms with Gasteiger partial charge in [0.2, 0.25) is 0 Å². The highest BCUT2D eigenvalue weighted by Crippen LogP contribution is 2.41. The first kappa shape index (κ1) is 33.5. The summed E-state index contributed by atoms with van der Waals surface area (Å²) in [6.45, 7) is 8.63. The predicted molar refractivity (Wildman–Crippen MR) is 216 cm³/mol. The molecule has 0 aromatic heterocycles. The maximum Gasteiger partial charge on any atom is 0.0422 e. The molecule has 3 heteroatoms. The van der Waals surface area contributed by atoms with Gasteiger partial charge in [-0.25, -0.2) is 0 Å². The van der Waals surface area contributed by atoms with E-state index >= 15 is 0 Å². The van der Waals surface area contributed by atoms with Gasteiger partial charge in [0.1, 0.15) is 0 Å². The first-order valence-corrected chi connectivity index (χ1v) is 18.8. The Morgan fingerprint density at radius 2 is 0.980 bits per heavy atom. The Morgan fingerprint density at radius 1 is 0.520 bits per heavy atom. The van der Waals surface area contributed by atoms with Crippen LogP contribution in [0.2, 0.25) is 0 Å². The molecule has 1 saturated carbocycles. The van der Waals surface area contributed by atoms with Crippen LogP contribution in [-0.4, -0.2) is 19.1 Å². The van der Waals surface area contributed by atoms with Crippen LogP contribution in [0.5, 0.6) is 0 Å². The maximum absolute atomic E-state index is 3.97. The normalized spacial score (nSPS) is 14.1. The molecule has 1 unspecified atom stereocenters. The molecular formula is C47H51N3. The molecule has 1 fully saturated rings. The van der Waals surface area contributed by atoms with Crippen LogP contribution in [-0.2, 0) is 0 Å². The van der Waals surface area contributed by atoms with Crippen LogP contribution in [0.3, 0.4) is 0 Å². The number of rotatable bonds is 12. The standard InChI is InChI=1S/C47H51N3/c1-4-49(39-19-11-7-12-20-39)41-29-25-37(26-30-41)47(38-27-31-42(32-28-38)50(5-2)40-21-13-8-14-22-40)45-33-34-46(44-24-16-15-23-43(44)45)48-35(3)36-17-9-6-10-18-36/h7-8,11-16,19-36,47-48H,4-6,9-10,17-18H2,1-3H3. The molecule has 1 aliphatic rings. The van der Waals surface area contributed by atoms with Crippen molar-refractivity contribution in [3.8, 4) is 0 Å². The highest BCUT2D eigenvalue weighted by molar-refractivity contribution is 5.97. The van der Waals surface area contributed by atoms with Crippen molar-refractivity contribution in [1.29, 1.82) is 0 Å². The van der Waals surface area contributed by atoms with Gasteiger partial charge in [-0.3, -0.25) is 0 Å². The van der Waals surface area contributed by atoms with Crippen LogP contribution in [0.4, 0.5) is 28.4 Å². The van der Waals surface area contributed by atoms with Gasteiger partial charge in [0, 0.05) is 58.9 Å². The van der Waals surface area contributed by atoms with Crippen molar-refractivity contribution in [2.45, 2.75) is 64.8 Å². The van der Waals surface area contributed by atoms with Crippen molar-refractivity contribution in [2.24, 2.45) is 5.92 Å². The lowest BCUT2D eigenvalue weighted by atomic mass is 9.82. The van der Waals surface area contributed by atoms with E-state index < -0.39 is 0 Å². The Kier molecular flexibility index (Phi) is 10.5. The third kappa shape index (κ3) is 7.14. The third-order valence-corrected chi connectivity index (χ3v) is 10.9. The van der Waals surface area contributed by atoms with Gasteiger partial charge in [-0.05, 0) is 116 Å². The second-order valence-corrected chi connectivity index (χ2v) is 13.9. The fraction of sp³-hybridized carbons (Fsp3) is 0.277. The fourth-order valence-electron chi connectivity index (χ4n) is 8.19. The number of fused-ring (bicyclic) bond motifs is 1. The number of nitrogens with one attached hydrogen (secondary N) is 1. The second kappa shape index (κ2) is 15.7. The van der Waals surface area contributed by atoms with Gasteiger partial charge in [-0.1, -0.05) is 110 Å². The molecule has 0 radical (unpaired) electrons. The number of hydrogen-bond acceptors (Lipinski definition) is 3. The average Bonchev–Trinajstić information content (AvgIpc) is 3.18. The Bertz CT molecular complexity index is 1850. The minimum atomic E-state index is 0.0754. The highest BCUT2D eigenvalue weighted by Gasteiger charge is 2.24. The predicted octanol–water partition coefficient (Wildman–Crippen LogP) is 12.7. The molecule has 0 heterocycles. The molecule has 0 aliphatic heterocycles. The molecule has 1 N–H and O–H groups in total. The van der Waals surface area contributed by atoms with E-state index in [1.54, 1.807) is 0 Å². The molecule has 0 saturated heterocycles. The molecule has 3 nitrogen and oxygen atoms in total. The van der Waals surface area contributed by atoms with Crippen LogP contribution in [0.15, 0.2) is 146 Å². The van der Waals surface area contributed by atoms with Gasteiger partial charge in [0.05, 0.1) is 0 Å². The van der Waals surface area contributed by atoms with E-state index in [4.69, 9.17) is 0 Å². The van der Waals surface area contributed by atoms with E-state index in [1.807, 2.05) is 0 Å². The van der Waals surface area contributed by atoms with Crippen molar-refractivity contribution in [2.75, 3.05) is 28.2 Å². The summed E-state index contributed by atoms with van der Waals surface area (Å²) in [4.78, 5) is 4.75. The van der Waals surface area contributed by atoms with Gasteiger partial charge >= 0.3 is 0 Å². The Hall–Kier alpha value is -5.02. The first-order chi connectivity index (χ1) is 24.6. The maximum atomic E-state index is 3.97. The van der Waals surface area contributed by atoms with E-state index in [-0.39, 0.29) is 5.92 Å². The fourth-order valence-corrected chi connectivity index (χ4v) is 8.19. The Morgan fingerprint density at radius 3 is 1.48 bits per heavy atom.